The topological polar surface area (TPSA) is 92.8 Å². The van der Waals surface area contributed by atoms with E-state index in [9.17, 15) is 18.0 Å². The summed E-state index contributed by atoms with van der Waals surface area (Å²) >= 11 is 1.07. The van der Waals surface area contributed by atoms with Gasteiger partial charge < -0.3 is 9.64 Å². The van der Waals surface area contributed by atoms with E-state index < -0.39 is 22.6 Å². The fourth-order valence-electron chi connectivity index (χ4n) is 3.44. The molecule has 31 heavy (non-hydrogen) atoms. The lowest BCUT2D eigenvalue weighted by molar-refractivity contribution is -0.121. The lowest BCUT2D eigenvalue weighted by Crippen LogP contribution is -2.38. The fourth-order valence-corrected chi connectivity index (χ4v) is 5.51. The van der Waals surface area contributed by atoms with E-state index in [0.29, 0.717) is 6.54 Å². The molecule has 0 bridgehead atoms. The Morgan fingerprint density at radius 2 is 1.81 bits per heavy atom. The number of sulfonamides is 1. The SMILES string of the molecule is O=C(OCC(=O)N1CCCc2ccccc21)c1ccccc1NS(=O)(=O)c1cccs1. The summed E-state index contributed by atoms with van der Waals surface area (Å²) in [6.45, 7) is 0.129. The second-order valence-corrected chi connectivity index (χ2v) is 9.79. The highest BCUT2D eigenvalue weighted by Crippen LogP contribution is 2.27. The van der Waals surface area contributed by atoms with E-state index in [1.807, 2.05) is 24.3 Å². The van der Waals surface area contributed by atoms with Crippen molar-refractivity contribution in [2.75, 3.05) is 22.8 Å². The van der Waals surface area contributed by atoms with Crippen LogP contribution in [0.3, 0.4) is 0 Å². The number of benzene rings is 2. The van der Waals surface area contributed by atoms with Gasteiger partial charge in [-0.2, -0.15) is 0 Å². The maximum absolute atomic E-state index is 12.7. The summed E-state index contributed by atoms with van der Waals surface area (Å²) in [6.07, 6.45) is 1.74. The molecule has 3 aromatic rings. The van der Waals surface area contributed by atoms with Crippen molar-refractivity contribution in [3.05, 3.63) is 77.2 Å². The van der Waals surface area contributed by atoms with Gasteiger partial charge in [0.25, 0.3) is 15.9 Å². The summed E-state index contributed by atoms with van der Waals surface area (Å²) in [5.74, 6) is -1.10. The Morgan fingerprint density at radius 3 is 2.61 bits per heavy atom. The van der Waals surface area contributed by atoms with Crippen LogP contribution in [0.2, 0.25) is 0 Å². The molecule has 1 amide bonds. The predicted octanol–water partition coefficient (Wildman–Crippen LogP) is 3.69. The van der Waals surface area contributed by atoms with Gasteiger partial charge >= 0.3 is 5.97 Å². The van der Waals surface area contributed by atoms with Crippen LogP contribution < -0.4 is 9.62 Å². The molecule has 0 saturated carbocycles. The molecule has 0 atom stereocenters. The number of nitrogens with zero attached hydrogens (tertiary/aromatic N) is 1. The molecule has 2 aromatic carbocycles. The number of carbonyl (C=O) groups is 2. The van der Waals surface area contributed by atoms with Gasteiger partial charge in [0.2, 0.25) is 0 Å². The first-order valence-corrected chi connectivity index (χ1v) is 12.0. The molecule has 0 saturated heterocycles. The zero-order chi connectivity index (χ0) is 21.8. The van der Waals surface area contributed by atoms with Crippen LogP contribution in [-0.2, 0) is 26.0 Å². The summed E-state index contributed by atoms with van der Waals surface area (Å²) in [5.41, 5.74) is 2.05. The third-order valence-corrected chi connectivity index (χ3v) is 7.65. The van der Waals surface area contributed by atoms with E-state index in [-0.39, 0.29) is 21.4 Å². The van der Waals surface area contributed by atoms with Crippen molar-refractivity contribution in [2.24, 2.45) is 0 Å². The number of ether oxygens (including phenoxy) is 1. The number of anilines is 2. The summed E-state index contributed by atoms with van der Waals surface area (Å²) < 4.78 is 32.8. The van der Waals surface area contributed by atoms with E-state index in [2.05, 4.69) is 4.72 Å². The van der Waals surface area contributed by atoms with Crippen molar-refractivity contribution in [3.63, 3.8) is 0 Å². The highest BCUT2D eigenvalue weighted by atomic mass is 32.2. The fraction of sp³-hybridized carbons (Fsp3) is 0.182. The quantitative estimate of drug-likeness (QED) is 0.571. The number of para-hydroxylation sites is 2. The van der Waals surface area contributed by atoms with Crippen LogP contribution in [0.5, 0.6) is 0 Å². The lowest BCUT2D eigenvalue weighted by atomic mass is 10.0. The molecule has 0 spiro atoms. The van der Waals surface area contributed by atoms with E-state index >= 15 is 0 Å². The molecule has 1 N–H and O–H groups in total. The maximum atomic E-state index is 12.7. The van der Waals surface area contributed by atoms with Crippen molar-refractivity contribution in [1.82, 2.24) is 0 Å². The summed E-state index contributed by atoms with van der Waals surface area (Å²) in [7, 11) is -3.82. The molecule has 7 nitrogen and oxygen atoms in total. The molecule has 160 valence electrons. The summed E-state index contributed by atoms with van der Waals surface area (Å²) in [4.78, 5) is 27.0. The van der Waals surface area contributed by atoms with Crippen LogP contribution in [0.15, 0.2) is 70.3 Å². The zero-order valence-corrected chi connectivity index (χ0v) is 18.1. The van der Waals surface area contributed by atoms with Gasteiger partial charge in [0, 0.05) is 12.2 Å². The molecule has 1 aromatic heterocycles. The first-order chi connectivity index (χ1) is 15.0. The third kappa shape index (κ3) is 4.62. The van der Waals surface area contributed by atoms with Gasteiger partial charge in [-0.05, 0) is 48.1 Å². The van der Waals surface area contributed by atoms with Gasteiger partial charge in [0.05, 0.1) is 11.3 Å². The molecule has 9 heteroatoms. The zero-order valence-electron chi connectivity index (χ0n) is 16.5. The van der Waals surface area contributed by atoms with Crippen molar-refractivity contribution in [2.45, 2.75) is 17.1 Å². The van der Waals surface area contributed by atoms with Crippen molar-refractivity contribution in [1.29, 1.82) is 0 Å². The van der Waals surface area contributed by atoms with E-state index in [0.717, 1.165) is 35.4 Å². The van der Waals surface area contributed by atoms with Crippen molar-refractivity contribution in [3.8, 4) is 0 Å². The van der Waals surface area contributed by atoms with Crippen LogP contribution in [0, 0.1) is 0 Å². The number of amides is 1. The Kier molecular flexibility index (Phi) is 6.06. The Labute approximate surface area is 184 Å². The van der Waals surface area contributed by atoms with Crippen molar-refractivity contribution >= 4 is 44.6 Å². The van der Waals surface area contributed by atoms with Gasteiger partial charge in [-0.1, -0.05) is 36.4 Å². The smallest absolute Gasteiger partial charge is 0.340 e. The molecular formula is C22H20N2O5S2. The van der Waals surface area contributed by atoms with Gasteiger partial charge in [0.15, 0.2) is 6.61 Å². The molecule has 4 rings (SSSR count). The molecule has 1 aliphatic rings. The minimum absolute atomic E-state index is 0.0366. The summed E-state index contributed by atoms with van der Waals surface area (Å²) in [6, 6.07) is 16.9. The average molecular weight is 457 g/mol. The third-order valence-electron chi connectivity index (χ3n) is 4.89. The number of carbonyl (C=O) groups excluding carboxylic acids is 2. The Balaban J connectivity index is 1.46. The minimum Gasteiger partial charge on any atom is -0.452 e. The molecule has 0 aliphatic carbocycles. The highest BCUT2D eigenvalue weighted by Gasteiger charge is 2.24. The van der Waals surface area contributed by atoms with Crippen LogP contribution in [-0.4, -0.2) is 33.4 Å². The number of esters is 1. The first kappa shape index (κ1) is 21.1. The molecule has 1 aliphatic heterocycles. The normalized spacial score (nSPS) is 13.4. The maximum Gasteiger partial charge on any atom is 0.340 e. The highest BCUT2D eigenvalue weighted by molar-refractivity contribution is 7.94. The van der Waals surface area contributed by atoms with E-state index in [4.69, 9.17) is 4.74 Å². The Bertz CT molecular complexity index is 1210. The molecule has 0 unspecified atom stereocenters. The number of thiophene rings is 1. The number of nitrogens with one attached hydrogen (secondary N) is 1. The first-order valence-electron chi connectivity index (χ1n) is 9.66. The second kappa shape index (κ2) is 8.91. The minimum atomic E-state index is -3.82. The van der Waals surface area contributed by atoms with E-state index in [1.165, 1.54) is 18.2 Å². The number of hydrogen-bond donors (Lipinski definition) is 1. The molecule has 0 fully saturated rings. The average Bonchev–Trinajstić information content (AvgIpc) is 3.33. The molecular weight excluding hydrogens is 436 g/mol. The van der Waals surface area contributed by atoms with Crippen LogP contribution in [0.25, 0.3) is 0 Å². The van der Waals surface area contributed by atoms with Gasteiger partial charge in [-0.25, -0.2) is 13.2 Å². The van der Waals surface area contributed by atoms with Gasteiger partial charge in [-0.3, -0.25) is 9.52 Å². The second-order valence-electron chi connectivity index (χ2n) is 6.94. The number of fused-ring (bicyclic) bond motifs is 1. The number of aryl methyl sites for hydroxylation is 1. The summed E-state index contributed by atoms with van der Waals surface area (Å²) in [5, 5.41) is 1.65. The van der Waals surface area contributed by atoms with Gasteiger partial charge in [0.1, 0.15) is 4.21 Å². The molecule has 2 heterocycles. The standard InChI is InChI=1S/C22H20N2O5S2/c25-20(24-13-5-8-16-7-1-4-11-19(16)24)15-29-22(26)17-9-2-3-10-18(17)23-31(27,28)21-12-6-14-30-21/h1-4,6-7,9-12,14,23H,5,8,13,15H2. The monoisotopic (exact) mass is 456 g/mol. The largest absolute Gasteiger partial charge is 0.452 e. The predicted molar refractivity (Wildman–Crippen MR) is 119 cm³/mol. The number of rotatable bonds is 6. The van der Waals surface area contributed by atoms with Gasteiger partial charge in [-0.15, -0.1) is 11.3 Å². The van der Waals surface area contributed by atoms with Crippen LogP contribution in [0.4, 0.5) is 11.4 Å². The Morgan fingerprint density at radius 1 is 1.03 bits per heavy atom. The number of hydrogen-bond acceptors (Lipinski definition) is 6. The molecule has 0 radical (unpaired) electrons. The Hall–Kier alpha value is -3.17. The lowest BCUT2D eigenvalue weighted by Gasteiger charge is -2.29. The van der Waals surface area contributed by atoms with E-state index in [1.54, 1.807) is 28.5 Å². The van der Waals surface area contributed by atoms with Crippen LogP contribution >= 0.6 is 11.3 Å². The van der Waals surface area contributed by atoms with Crippen LogP contribution in [0.1, 0.15) is 22.3 Å². The van der Waals surface area contributed by atoms with Crippen molar-refractivity contribution < 1.29 is 22.7 Å².